The van der Waals surface area contributed by atoms with Crippen molar-refractivity contribution in [3.63, 3.8) is 0 Å². The van der Waals surface area contributed by atoms with E-state index in [1.54, 1.807) is 0 Å². The van der Waals surface area contributed by atoms with E-state index in [1.807, 2.05) is 12.1 Å². The first-order chi connectivity index (χ1) is 8.16. The maximum Gasteiger partial charge on any atom is 0.0802 e. The highest BCUT2D eigenvalue weighted by molar-refractivity contribution is 5.23. The summed E-state index contributed by atoms with van der Waals surface area (Å²) >= 11 is 0. The van der Waals surface area contributed by atoms with Crippen LogP contribution in [0.5, 0.6) is 0 Å². The van der Waals surface area contributed by atoms with Gasteiger partial charge in [0, 0.05) is 12.6 Å². The monoisotopic (exact) mass is 233 g/mol. The summed E-state index contributed by atoms with van der Waals surface area (Å²) in [6.45, 7) is 6.56. The van der Waals surface area contributed by atoms with Gasteiger partial charge in [-0.05, 0) is 45.2 Å². The summed E-state index contributed by atoms with van der Waals surface area (Å²) in [7, 11) is 0. The number of aryl methyl sites for hydroxylation is 1. The normalized spacial score (nSPS) is 22.9. The molecule has 1 aromatic carbocycles. The second kappa shape index (κ2) is 5.65. The van der Waals surface area contributed by atoms with Crippen LogP contribution in [0, 0.1) is 6.92 Å². The number of benzene rings is 1. The standard InChI is InChI=1S/C15H23NO/c1-12-5-3-7-14(11-12)15(17)8-10-16-9-4-6-13(16)2/h3,5,7,11,13,15,17H,4,6,8-10H2,1-2H3. The summed E-state index contributed by atoms with van der Waals surface area (Å²) in [5, 5.41) is 10.2. The van der Waals surface area contributed by atoms with E-state index in [4.69, 9.17) is 0 Å². The average molecular weight is 233 g/mol. The van der Waals surface area contributed by atoms with E-state index in [0.717, 1.165) is 18.5 Å². The van der Waals surface area contributed by atoms with Crippen LogP contribution in [0.25, 0.3) is 0 Å². The molecule has 0 bridgehead atoms. The maximum absolute atomic E-state index is 10.2. The third-order valence-corrected chi connectivity index (χ3v) is 3.81. The average Bonchev–Trinajstić information content (AvgIpc) is 2.72. The SMILES string of the molecule is Cc1cccc(C(O)CCN2CCCC2C)c1. The second-order valence-electron chi connectivity index (χ2n) is 5.25. The molecule has 1 aliphatic heterocycles. The highest BCUT2D eigenvalue weighted by Crippen LogP contribution is 2.21. The summed E-state index contributed by atoms with van der Waals surface area (Å²) in [4.78, 5) is 2.49. The largest absolute Gasteiger partial charge is 0.388 e. The van der Waals surface area contributed by atoms with Crippen molar-refractivity contribution in [2.75, 3.05) is 13.1 Å². The Kier molecular flexibility index (Phi) is 4.19. The molecule has 0 spiro atoms. The van der Waals surface area contributed by atoms with Crippen LogP contribution in [-0.4, -0.2) is 29.1 Å². The number of hydrogen-bond donors (Lipinski definition) is 1. The molecule has 1 aliphatic rings. The predicted octanol–water partition coefficient (Wildman–Crippen LogP) is 2.90. The highest BCUT2D eigenvalue weighted by Gasteiger charge is 2.20. The second-order valence-corrected chi connectivity index (χ2v) is 5.25. The third kappa shape index (κ3) is 3.30. The number of rotatable bonds is 4. The van der Waals surface area contributed by atoms with Gasteiger partial charge in [-0.25, -0.2) is 0 Å². The molecule has 0 aliphatic carbocycles. The molecule has 2 nitrogen and oxygen atoms in total. The number of hydrogen-bond acceptors (Lipinski definition) is 2. The molecule has 0 aromatic heterocycles. The predicted molar refractivity (Wildman–Crippen MR) is 71.0 cm³/mol. The minimum Gasteiger partial charge on any atom is -0.388 e. The summed E-state index contributed by atoms with van der Waals surface area (Å²) in [6.07, 6.45) is 3.14. The van der Waals surface area contributed by atoms with Gasteiger partial charge in [0.25, 0.3) is 0 Å². The van der Waals surface area contributed by atoms with Crippen molar-refractivity contribution in [1.82, 2.24) is 4.90 Å². The van der Waals surface area contributed by atoms with Crippen LogP contribution in [0.2, 0.25) is 0 Å². The molecule has 0 saturated carbocycles. The van der Waals surface area contributed by atoms with Crippen LogP contribution in [0.3, 0.4) is 0 Å². The topological polar surface area (TPSA) is 23.5 Å². The molecule has 17 heavy (non-hydrogen) atoms. The molecule has 1 N–H and O–H groups in total. The van der Waals surface area contributed by atoms with Gasteiger partial charge in [-0.2, -0.15) is 0 Å². The molecule has 94 valence electrons. The van der Waals surface area contributed by atoms with Crippen LogP contribution in [0.1, 0.15) is 43.4 Å². The van der Waals surface area contributed by atoms with Gasteiger partial charge in [-0.1, -0.05) is 29.8 Å². The Bertz CT molecular complexity index is 364. The molecular formula is C15H23NO. The van der Waals surface area contributed by atoms with Crippen LogP contribution >= 0.6 is 0 Å². The minimum absolute atomic E-state index is 0.317. The fourth-order valence-corrected chi connectivity index (χ4v) is 2.66. The molecule has 1 aromatic rings. The van der Waals surface area contributed by atoms with Crippen molar-refractivity contribution < 1.29 is 5.11 Å². The van der Waals surface area contributed by atoms with E-state index in [2.05, 4.69) is 30.9 Å². The van der Waals surface area contributed by atoms with Crippen molar-refractivity contribution in [2.45, 2.75) is 45.3 Å². The molecule has 2 atom stereocenters. The Hall–Kier alpha value is -0.860. The molecule has 2 rings (SSSR count). The zero-order valence-corrected chi connectivity index (χ0v) is 10.9. The molecule has 1 fully saturated rings. The van der Waals surface area contributed by atoms with Gasteiger partial charge in [-0.3, -0.25) is 0 Å². The Morgan fingerprint density at radius 3 is 2.94 bits per heavy atom. The fraction of sp³-hybridized carbons (Fsp3) is 0.600. The Labute approximate surface area is 104 Å². The zero-order valence-electron chi connectivity index (χ0n) is 10.9. The zero-order chi connectivity index (χ0) is 12.3. The molecule has 2 heteroatoms. The number of aliphatic hydroxyl groups is 1. The van der Waals surface area contributed by atoms with E-state index in [9.17, 15) is 5.11 Å². The quantitative estimate of drug-likeness (QED) is 0.864. The van der Waals surface area contributed by atoms with Crippen LogP contribution in [-0.2, 0) is 0 Å². The van der Waals surface area contributed by atoms with E-state index < -0.39 is 0 Å². The number of likely N-dealkylation sites (tertiary alicyclic amines) is 1. The van der Waals surface area contributed by atoms with Crippen LogP contribution in [0.4, 0.5) is 0 Å². The summed E-state index contributed by atoms with van der Waals surface area (Å²) in [5.41, 5.74) is 2.27. The Balaban J connectivity index is 1.86. The summed E-state index contributed by atoms with van der Waals surface area (Å²) in [6, 6.07) is 8.88. The van der Waals surface area contributed by atoms with Gasteiger partial charge in [0.15, 0.2) is 0 Å². The van der Waals surface area contributed by atoms with Crippen molar-refractivity contribution in [1.29, 1.82) is 0 Å². The van der Waals surface area contributed by atoms with E-state index in [0.29, 0.717) is 6.04 Å². The lowest BCUT2D eigenvalue weighted by atomic mass is 10.0. The smallest absolute Gasteiger partial charge is 0.0802 e. The molecule has 1 heterocycles. The molecular weight excluding hydrogens is 210 g/mol. The van der Waals surface area contributed by atoms with Crippen molar-refractivity contribution >= 4 is 0 Å². The third-order valence-electron chi connectivity index (χ3n) is 3.81. The Morgan fingerprint density at radius 1 is 1.47 bits per heavy atom. The first-order valence-electron chi connectivity index (χ1n) is 6.65. The maximum atomic E-state index is 10.2. The van der Waals surface area contributed by atoms with Crippen molar-refractivity contribution in [2.24, 2.45) is 0 Å². The molecule has 2 unspecified atom stereocenters. The van der Waals surface area contributed by atoms with Gasteiger partial charge < -0.3 is 10.0 Å². The molecule has 0 amide bonds. The van der Waals surface area contributed by atoms with Crippen molar-refractivity contribution in [3.05, 3.63) is 35.4 Å². The van der Waals surface area contributed by atoms with E-state index in [1.165, 1.54) is 24.9 Å². The lowest BCUT2D eigenvalue weighted by Crippen LogP contribution is -2.28. The fourth-order valence-electron chi connectivity index (χ4n) is 2.66. The summed E-state index contributed by atoms with van der Waals surface area (Å²) < 4.78 is 0. The van der Waals surface area contributed by atoms with E-state index >= 15 is 0 Å². The molecule has 0 radical (unpaired) electrons. The van der Waals surface area contributed by atoms with E-state index in [-0.39, 0.29) is 6.10 Å². The Morgan fingerprint density at radius 2 is 2.29 bits per heavy atom. The minimum atomic E-state index is -0.317. The van der Waals surface area contributed by atoms with Crippen molar-refractivity contribution in [3.8, 4) is 0 Å². The van der Waals surface area contributed by atoms with Crippen LogP contribution < -0.4 is 0 Å². The lowest BCUT2D eigenvalue weighted by molar-refractivity contribution is 0.140. The number of nitrogens with zero attached hydrogens (tertiary/aromatic N) is 1. The van der Waals surface area contributed by atoms with Gasteiger partial charge >= 0.3 is 0 Å². The van der Waals surface area contributed by atoms with Crippen LogP contribution in [0.15, 0.2) is 24.3 Å². The van der Waals surface area contributed by atoms with Gasteiger partial charge in [0.05, 0.1) is 6.10 Å². The van der Waals surface area contributed by atoms with Gasteiger partial charge in [-0.15, -0.1) is 0 Å². The molecule has 1 saturated heterocycles. The summed E-state index contributed by atoms with van der Waals surface area (Å²) in [5.74, 6) is 0. The first-order valence-corrected chi connectivity index (χ1v) is 6.65. The first kappa shape index (κ1) is 12.6. The highest BCUT2D eigenvalue weighted by atomic mass is 16.3. The van der Waals surface area contributed by atoms with Gasteiger partial charge in [0.2, 0.25) is 0 Å². The number of aliphatic hydroxyl groups excluding tert-OH is 1. The lowest BCUT2D eigenvalue weighted by Gasteiger charge is -2.22. The van der Waals surface area contributed by atoms with Gasteiger partial charge in [0.1, 0.15) is 0 Å².